The molecular weight excluding hydrogens is 240 g/mol. The van der Waals surface area contributed by atoms with Gasteiger partial charge in [-0.2, -0.15) is 0 Å². The Labute approximate surface area is 104 Å². The third kappa shape index (κ3) is 1.61. The Balaban J connectivity index is 1.65. The van der Waals surface area contributed by atoms with E-state index in [4.69, 9.17) is 9.57 Å². The van der Waals surface area contributed by atoms with Crippen molar-refractivity contribution >= 4 is 12.7 Å². The minimum atomic E-state index is -0.377. The van der Waals surface area contributed by atoms with Crippen LogP contribution < -0.4 is 0 Å². The summed E-state index contributed by atoms with van der Waals surface area (Å²) in [7, 11) is 1.40. The first-order chi connectivity index (χ1) is 8.61. The van der Waals surface area contributed by atoms with Crippen molar-refractivity contribution in [3.05, 3.63) is 10.7 Å². The number of carbonyl (C=O) groups excluding carboxylic acids is 1. The molecule has 18 heavy (non-hydrogen) atoms. The fraction of sp³-hybridized carbons (Fsp3) is 0.800. The van der Waals surface area contributed by atoms with Gasteiger partial charge < -0.3 is 20.6 Å². The lowest BCUT2D eigenvalue weighted by Gasteiger charge is -2.46. The van der Waals surface area contributed by atoms with Crippen molar-refractivity contribution in [1.29, 1.82) is 0 Å². The fourth-order valence-electron chi connectivity index (χ4n) is 3.34. The summed E-state index contributed by atoms with van der Waals surface area (Å²) in [5, 5.41) is 16.0. The molecule has 5 atom stereocenters. The Morgan fingerprint density at radius 1 is 1.61 bits per heavy atom. The van der Waals surface area contributed by atoms with Gasteiger partial charge >= 0.3 is 5.97 Å². The quantitative estimate of drug-likeness (QED) is 0.401. The van der Waals surface area contributed by atoms with E-state index in [0.717, 1.165) is 18.0 Å². The van der Waals surface area contributed by atoms with Crippen molar-refractivity contribution in [3.8, 4) is 0 Å². The van der Waals surface area contributed by atoms with Crippen molar-refractivity contribution in [1.82, 2.24) is 10.5 Å². The SMILES string of the molecule is C=N[N-]N(C)N([O-])OC1C2CC3C(=O)OC1C3C2. The first kappa shape index (κ1) is 11.8. The number of ether oxygens (including phenoxy) is 1. The average Bonchev–Trinajstić information content (AvgIpc) is 2.93. The third-order valence-corrected chi connectivity index (χ3v) is 4.05. The molecule has 0 spiro atoms. The molecule has 1 aliphatic heterocycles. The Morgan fingerprint density at radius 3 is 3.11 bits per heavy atom. The maximum atomic E-state index is 11.6. The lowest BCUT2D eigenvalue weighted by Crippen LogP contribution is -2.42. The van der Waals surface area contributed by atoms with Crippen molar-refractivity contribution in [2.75, 3.05) is 7.05 Å². The molecule has 2 bridgehead atoms. The molecule has 8 heteroatoms. The second-order valence-corrected chi connectivity index (χ2v) is 4.93. The van der Waals surface area contributed by atoms with Crippen molar-refractivity contribution in [3.63, 3.8) is 0 Å². The van der Waals surface area contributed by atoms with Gasteiger partial charge in [0.25, 0.3) is 0 Å². The zero-order valence-electron chi connectivity index (χ0n) is 9.93. The van der Waals surface area contributed by atoms with Gasteiger partial charge in [0.2, 0.25) is 0 Å². The molecule has 5 unspecified atom stereocenters. The molecule has 0 N–H and O–H groups in total. The van der Waals surface area contributed by atoms with E-state index in [1.54, 1.807) is 0 Å². The summed E-state index contributed by atoms with van der Waals surface area (Å²) >= 11 is 0. The predicted octanol–water partition coefficient (Wildman–Crippen LogP) is 0.419. The van der Waals surface area contributed by atoms with Gasteiger partial charge in [-0.3, -0.25) is 14.8 Å². The van der Waals surface area contributed by atoms with Crippen LogP contribution in [0, 0.1) is 23.0 Å². The van der Waals surface area contributed by atoms with Crippen LogP contribution >= 0.6 is 0 Å². The molecule has 3 aliphatic rings. The summed E-state index contributed by atoms with van der Waals surface area (Å²) < 4.78 is 5.28. The lowest BCUT2D eigenvalue weighted by atomic mass is 9.88. The zero-order chi connectivity index (χ0) is 12.9. The van der Waals surface area contributed by atoms with E-state index in [2.05, 4.69) is 17.4 Å². The van der Waals surface area contributed by atoms with Crippen LogP contribution in [0.5, 0.6) is 0 Å². The topological polar surface area (TPSA) is 91.5 Å². The zero-order valence-corrected chi connectivity index (χ0v) is 9.93. The van der Waals surface area contributed by atoms with E-state index < -0.39 is 0 Å². The van der Waals surface area contributed by atoms with Gasteiger partial charge in [0, 0.05) is 5.92 Å². The second-order valence-electron chi connectivity index (χ2n) is 4.93. The molecule has 8 nitrogen and oxygen atoms in total. The van der Waals surface area contributed by atoms with Gasteiger partial charge in [0.05, 0.1) is 5.92 Å². The minimum Gasteiger partial charge on any atom is -0.749 e. The molecular formula is C10H14N4O4-2. The summed E-state index contributed by atoms with van der Waals surface area (Å²) in [6.07, 6.45) is 0.972. The normalized spacial score (nSPS) is 40.7. The molecule has 0 aromatic heterocycles. The summed E-state index contributed by atoms with van der Waals surface area (Å²) in [5.41, 5.74) is 3.43. The summed E-state index contributed by atoms with van der Waals surface area (Å²) in [6, 6.07) is 0. The molecule has 0 aromatic carbocycles. The summed E-state index contributed by atoms with van der Waals surface area (Å²) in [6.45, 7) is 3.15. The number of fused-ring (bicyclic) bond motifs is 1. The Bertz CT molecular complexity index is 379. The summed E-state index contributed by atoms with van der Waals surface area (Å²) in [4.78, 5) is 16.8. The lowest BCUT2D eigenvalue weighted by molar-refractivity contribution is -0.279. The van der Waals surface area contributed by atoms with E-state index in [1.165, 1.54) is 7.05 Å². The highest BCUT2D eigenvalue weighted by Crippen LogP contribution is 2.55. The number of hydrogen-bond donors (Lipinski definition) is 0. The highest BCUT2D eigenvalue weighted by Gasteiger charge is 2.62. The number of hydrogen-bond acceptors (Lipinski definition) is 7. The third-order valence-electron chi connectivity index (χ3n) is 4.05. The Kier molecular flexibility index (Phi) is 2.74. The smallest absolute Gasteiger partial charge is 0.309 e. The molecule has 100 valence electrons. The van der Waals surface area contributed by atoms with E-state index in [9.17, 15) is 10.0 Å². The maximum absolute atomic E-state index is 11.6. The maximum Gasteiger partial charge on any atom is 0.309 e. The van der Waals surface area contributed by atoms with E-state index >= 15 is 0 Å². The standard InChI is InChI=1S/C10H14N4O4/c1-11-12-13(2)14(16)18-8-5-3-6-7(4-5)10(15)17-9(6)8/h5-9H,1,3-4H2,2H3/q-2. The minimum absolute atomic E-state index is 0.0113. The van der Waals surface area contributed by atoms with Crippen LogP contribution in [-0.4, -0.2) is 42.4 Å². The monoisotopic (exact) mass is 254 g/mol. The van der Waals surface area contributed by atoms with Crippen LogP contribution in [0.15, 0.2) is 5.10 Å². The van der Waals surface area contributed by atoms with Gasteiger partial charge in [0.15, 0.2) is 0 Å². The van der Waals surface area contributed by atoms with E-state index in [1.807, 2.05) is 0 Å². The van der Waals surface area contributed by atoms with Crippen molar-refractivity contribution < 1.29 is 14.4 Å². The Morgan fingerprint density at radius 2 is 2.39 bits per heavy atom. The fourth-order valence-corrected chi connectivity index (χ4v) is 3.34. The van der Waals surface area contributed by atoms with Gasteiger partial charge in [-0.1, -0.05) is 0 Å². The number of carbonyl (C=O) groups is 1. The Hall–Kier alpha value is -1.22. The largest absolute Gasteiger partial charge is 0.749 e. The molecule has 3 fully saturated rings. The van der Waals surface area contributed by atoms with Gasteiger partial charge in [-0.05, 0) is 32.5 Å². The molecule has 1 heterocycles. The number of esters is 1. The molecule has 0 amide bonds. The van der Waals surface area contributed by atoms with E-state index in [0.29, 0.717) is 0 Å². The van der Waals surface area contributed by atoms with Crippen LogP contribution in [0.2, 0.25) is 0 Å². The summed E-state index contributed by atoms with van der Waals surface area (Å²) in [5.74, 6) is 0.276. The molecule has 2 saturated carbocycles. The molecule has 3 rings (SSSR count). The van der Waals surface area contributed by atoms with Crippen LogP contribution in [0.25, 0.3) is 5.53 Å². The van der Waals surface area contributed by atoms with Crippen LogP contribution in [0.1, 0.15) is 12.8 Å². The first-order valence-corrected chi connectivity index (χ1v) is 5.86. The number of rotatable bonds is 5. The van der Waals surface area contributed by atoms with Crippen LogP contribution in [-0.2, 0) is 14.4 Å². The molecule has 0 aromatic rings. The van der Waals surface area contributed by atoms with Crippen LogP contribution in [0.3, 0.4) is 0 Å². The van der Waals surface area contributed by atoms with Gasteiger partial charge in [0.1, 0.15) is 12.2 Å². The molecule has 0 radical (unpaired) electrons. The highest BCUT2D eigenvalue weighted by atomic mass is 16.9. The average molecular weight is 254 g/mol. The number of hydrazine groups is 1. The van der Waals surface area contributed by atoms with E-state index in [-0.39, 0.29) is 41.3 Å². The molecule has 2 aliphatic carbocycles. The number of nitrogens with zero attached hydrogens (tertiary/aromatic N) is 4. The van der Waals surface area contributed by atoms with Crippen molar-refractivity contribution in [2.45, 2.75) is 25.0 Å². The predicted molar refractivity (Wildman–Crippen MR) is 60.3 cm³/mol. The van der Waals surface area contributed by atoms with Gasteiger partial charge in [-0.15, -0.1) is 0 Å². The van der Waals surface area contributed by atoms with Gasteiger partial charge in [-0.25, -0.2) is 5.34 Å². The molecule has 1 saturated heterocycles. The second kappa shape index (κ2) is 4.16. The van der Waals surface area contributed by atoms with Crippen molar-refractivity contribution in [2.24, 2.45) is 22.9 Å². The highest BCUT2D eigenvalue weighted by molar-refractivity contribution is 5.76. The van der Waals surface area contributed by atoms with Crippen LogP contribution in [0.4, 0.5) is 0 Å². The first-order valence-electron chi connectivity index (χ1n) is 5.86.